The first-order valence-corrected chi connectivity index (χ1v) is 23.7. The number of carboxylic acids is 2. The van der Waals surface area contributed by atoms with Crippen molar-refractivity contribution in [2.24, 2.45) is 20.5 Å². The quantitative estimate of drug-likeness (QED) is 0.0609. The normalized spacial score (nSPS) is 12.0. The average Bonchev–Trinajstić information content (AvgIpc) is 3.31. The van der Waals surface area contributed by atoms with Gasteiger partial charge in [0, 0.05) is 11.1 Å². The number of halogens is 2. The summed E-state index contributed by atoms with van der Waals surface area (Å²) >= 11 is 12.0. The number of carboxylic acid groups (broad SMARTS) is 2. The largest absolute Gasteiger partial charge is 2.00 e. The van der Waals surface area contributed by atoms with Crippen molar-refractivity contribution >= 4 is 101 Å². The van der Waals surface area contributed by atoms with Crippen molar-refractivity contribution in [2.75, 3.05) is 20.1 Å². The first-order chi connectivity index (χ1) is 34.0. The summed E-state index contributed by atoms with van der Waals surface area (Å²) in [6.07, 6.45) is 0. The van der Waals surface area contributed by atoms with E-state index in [1.165, 1.54) is 60.7 Å². The van der Waals surface area contributed by atoms with Crippen LogP contribution in [-0.4, -0.2) is 40.6 Å². The summed E-state index contributed by atoms with van der Waals surface area (Å²) in [5.41, 5.74) is -3.20. The van der Waals surface area contributed by atoms with Crippen molar-refractivity contribution in [1.29, 1.82) is 0 Å². The number of carbonyl (C=O) groups excluding carboxylic acids is 4. The number of anilines is 4. The summed E-state index contributed by atoms with van der Waals surface area (Å²) in [7, 11) is -8.75. The van der Waals surface area contributed by atoms with E-state index < -0.39 is 111 Å². The molecular formula is C46H32Cl2CoN8O14S2-4. The Bertz CT molecular complexity index is 3230. The van der Waals surface area contributed by atoms with Crippen LogP contribution in [0.3, 0.4) is 0 Å². The van der Waals surface area contributed by atoms with Gasteiger partial charge in [0.1, 0.15) is 11.4 Å². The zero-order valence-electron chi connectivity index (χ0n) is 37.1. The molecule has 2 amide bonds. The maximum absolute atomic E-state index is 12.8. The first-order valence-electron chi connectivity index (χ1n) is 20.0. The van der Waals surface area contributed by atoms with Gasteiger partial charge in [0.05, 0.1) is 65.9 Å². The molecule has 22 nitrogen and oxygen atoms in total. The average molecular weight is 1110 g/mol. The van der Waals surface area contributed by atoms with Gasteiger partial charge in [-0.2, -0.15) is 10.2 Å². The van der Waals surface area contributed by atoms with Crippen LogP contribution >= 0.6 is 23.2 Å². The second-order valence-electron chi connectivity index (χ2n) is 14.2. The minimum absolute atomic E-state index is 0. The second kappa shape index (κ2) is 25.2. The monoisotopic (exact) mass is 1110 g/mol. The topological polar surface area (TPSA) is 372 Å². The number of nitrogens with one attached hydrogen (secondary N) is 4. The number of carbonyl (C=O) groups is 4. The standard InChI is InChI=1S/2C23H19ClN4O7S.Co/c2*1-13(29)21(22(31)25-18-9-5-3-7-16(18)24)27-26-19-12-14(10-11-20(19)30)36(34,35)28-17-8-4-2-6-15(17)23(32)33;/h2*2-12,28-30H,1H3,(H,25,31)(H,32,33);/q;;+2/p-6/b2*21-13+,27-26?;. The third kappa shape index (κ3) is 15.3. The van der Waals surface area contributed by atoms with Crippen LogP contribution < -0.4 is 50.7 Å². The van der Waals surface area contributed by atoms with Gasteiger partial charge < -0.3 is 50.9 Å². The summed E-state index contributed by atoms with van der Waals surface area (Å²) < 4.78 is 55.4. The van der Waals surface area contributed by atoms with E-state index in [-0.39, 0.29) is 49.6 Å². The third-order valence-electron chi connectivity index (χ3n) is 9.12. The number of allylic oxidation sites excluding steroid dienone is 2. The molecule has 1 radical (unpaired) electrons. The van der Waals surface area contributed by atoms with Crippen molar-refractivity contribution in [3.8, 4) is 11.5 Å². The molecular weight excluding hydrogens is 1080 g/mol. The Morgan fingerprint density at radius 1 is 0.479 bits per heavy atom. The van der Waals surface area contributed by atoms with Gasteiger partial charge in [0.25, 0.3) is 31.9 Å². The fraction of sp³-hybridized carbons (Fsp3) is 0.0435. The van der Waals surface area contributed by atoms with E-state index in [1.54, 1.807) is 24.3 Å². The van der Waals surface area contributed by atoms with Crippen LogP contribution in [-0.2, 0) is 46.4 Å². The molecule has 0 spiro atoms. The van der Waals surface area contributed by atoms with E-state index >= 15 is 0 Å². The van der Waals surface area contributed by atoms with Crippen molar-refractivity contribution in [3.63, 3.8) is 0 Å². The van der Waals surface area contributed by atoms with Crippen LogP contribution in [0.5, 0.6) is 11.5 Å². The van der Waals surface area contributed by atoms with Gasteiger partial charge in [-0.05, 0) is 60.7 Å². The molecule has 0 atom stereocenters. The molecule has 4 N–H and O–H groups in total. The van der Waals surface area contributed by atoms with E-state index in [2.05, 4.69) is 40.5 Å². The number of benzene rings is 6. The number of hydrogen-bond donors (Lipinski definition) is 4. The van der Waals surface area contributed by atoms with Gasteiger partial charge in [-0.1, -0.05) is 121 Å². The number of amides is 2. The van der Waals surface area contributed by atoms with E-state index in [1.807, 2.05) is 0 Å². The van der Waals surface area contributed by atoms with Gasteiger partial charge in [-0.3, -0.25) is 19.0 Å². The summed E-state index contributed by atoms with van der Waals surface area (Å²) in [4.78, 5) is 46.6. The molecule has 6 aromatic rings. The predicted octanol–water partition coefficient (Wildman–Crippen LogP) is 3.78. The Hall–Kier alpha value is -8.33. The van der Waals surface area contributed by atoms with Crippen LogP contribution in [0.1, 0.15) is 34.6 Å². The molecule has 0 heterocycles. The smallest absolute Gasteiger partial charge is 0.874 e. The Morgan fingerprint density at radius 3 is 1.11 bits per heavy atom. The Kier molecular flexibility index (Phi) is 19.7. The zero-order chi connectivity index (χ0) is 52.9. The second-order valence-corrected chi connectivity index (χ2v) is 18.4. The number of azo groups is 2. The Morgan fingerprint density at radius 2 is 0.795 bits per heavy atom. The zero-order valence-corrected chi connectivity index (χ0v) is 41.3. The number of nitrogens with zero attached hydrogens (tertiary/aromatic N) is 4. The van der Waals surface area contributed by atoms with Gasteiger partial charge >= 0.3 is 16.8 Å². The molecule has 0 unspecified atom stereocenters. The molecule has 27 heteroatoms. The van der Waals surface area contributed by atoms with Crippen LogP contribution in [0, 0.1) is 0 Å². The summed E-state index contributed by atoms with van der Waals surface area (Å²) in [5.74, 6) is -8.14. The molecule has 6 rings (SSSR count). The summed E-state index contributed by atoms with van der Waals surface area (Å²) in [5, 5.41) is 90.4. The van der Waals surface area contributed by atoms with E-state index in [9.17, 15) is 66.7 Å². The number of aromatic carboxylic acids is 2. The van der Waals surface area contributed by atoms with Crippen molar-refractivity contribution in [2.45, 2.75) is 23.6 Å². The molecule has 6 aromatic carbocycles. The van der Waals surface area contributed by atoms with Crippen LogP contribution in [0.15, 0.2) is 187 Å². The molecule has 0 aliphatic rings. The van der Waals surface area contributed by atoms with Crippen molar-refractivity contribution in [1.82, 2.24) is 0 Å². The van der Waals surface area contributed by atoms with Crippen molar-refractivity contribution < 1.29 is 83.4 Å². The molecule has 0 aliphatic heterocycles. The molecule has 0 saturated heterocycles. The first kappa shape index (κ1) is 57.2. The van der Waals surface area contributed by atoms with Gasteiger partial charge in [-0.15, -0.1) is 21.7 Å². The minimum Gasteiger partial charge on any atom is -0.874 e. The number of rotatable bonds is 16. The van der Waals surface area contributed by atoms with Gasteiger partial charge in [-0.25, -0.2) is 16.8 Å². The fourth-order valence-electron chi connectivity index (χ4n) is 5.64. The summed E-state index contributed by atoms with van der Waals surface area (Å²) in [6, 6.07) is 28.3. The molecule has 0 aromatic heterocycles. The van der Waals surface area contributed by atoms with Crippen molar-refractivity contribution in [3.05, 3.63) is 178 Å². The number of hydrogen-bond acceptors (Lipinski definition) is 18. The van der Waals surface area contributed by atoms with Gasteiger partial charge in [0.15, 0.2) is 0 Å². The summed E-state index contributed by atoms with van der Waals surface area (Å²) in [6.45, 7) is 2.11. The maximum Gasteiger partial charge on any atom is 2.00 e. The third-order valence-corrected chi connectivity index (χ3v) is 12.5. The van der Waals surface area contributed by atoms with E-state index in [0.717, 1.165) is 62.4 Å². The Balaban J connectivity index is 0.000000312. The fourth-order valence-corrected chi connectivity index (χ4v) is 8.20. The molecule has 0 aliphatic carbocycles. The maximum atomic E-state index is 12.8. The Labute approximate surface area is 435 Å². The van der Waals surface area contributed by atoms with Crippen LogP contribution in [0.25, 0.3) is 0 Å². The molecule has 0 saturated carbocycles. The molecule has 0 fully saturated rings. The van der Waals surface area contributed by atoms with E-state index in [0.29, 0.717) is 0 Å². The van der Waals surface area contributed by atoms with Crippen LogP contribution in [0.2, 0.25) is 10.0 Å². The molecule has 0 bridgehead atoms. The van der Waals surface area contributed by atoms with Gasteiger partial charge in [0.2, 0.25) is 0 Å². The number of para-hydroxylation sites is 4. The minimum atomic E-state index is -4.37. The predicted molar refractivity (Wildman–Crippen MR) is 250 cm³/mol. The molecule has 73 heavy (non-hydrogen) atoms. The SMILES string of the molecule is C/C([O-])=C(\N=Nc1cc(S(=O)(=O)Nc2ccccc2C(=O)[O-])ccc1[O-])C(=O)Nc1ccccc1Cl.C/C([O-])=C(\N=Nc1cc(S(=O)(=O)Nc2ccccc2C(=O)[O-])ccc1[O-])C(=O)Nc1ccccc1Cl.[Co+2]. The number of sulfonamides is 2. The molecule has 379 valence electrons. The van der Waals surface area contributed by atoms with E-state index in [4.69, 9.17) is 23.2 Å². The van der Waals surface area contributed by atoms with Crippen LogP contribution in [0.4, 0.5) is 34.1 Å².